The fraction of sp³-hybridized carbons (Fsp3) is 0.227. The van der Waals surface area contributed by atoms with Crippen LogP contribution in [0.3, 0.4) is 0 Å². The van der Waals surface area contributed by atoms with Crippen molar-refractivity contribution in [3.05, 3.63) is 60.3 Å². The molecule has 1 amide bonds. The molecular weight excluding hydrogens is 352 g/mol. The zero-order valence-corrected chi connectivity index (χ0v) is 15.6. The van der Waals surface area contributed by atoms with Gasteiger partial charge in [-0.1, -0.05) is 30.3 Å². The lowest BCUT2D eigenvalue weighted by Crippen LogP contribution is -2.40. The van der Waals surface area contributed by atoms with Gasteiger partial charge in [-0.3, -0.25) is 9.78 Å². The Morgan fingerprint density at radius 1 is 1.11 bits per heavy atom. The summed E-state index contributed by atoms with van der Waals surface area (Å²) in [6, 6.07) is 17.6. The first-order valence-corrected chi connectivity index (χ1v) is 9.48. The van der Waals surface area contributed by atoms with E-state index >= 15 is 0 Å². The molecule has 1 aliphatic rings. The summed E-state index contributed by atoms with van der Waals surface area (Å²) in [6.07, 6.45) is 1.69. The van der Waals surface area contributed by atoms with Crippen LogP contribution in [0, 0.1) is 6.92 Å². The largest absolute Gasteiger partial charge is 0.423 e. The number of pyridine rings is 1. The van der Waals surface area contributed by atoms with Gasteiger partial charge in [-0.15, -0.1) is 0 Å². The molecule has 140 valence electrons. The number of nitrogens with zero attached hydrogens (tertiary/aromatic N) is 3. The number of hydrogen-bond acceptors (Lipinski definition) is 5. The Balaban J connectivity index is 1.45. The molecule has 1 saturated heterocycles. The maximum Gasteiger partial charge on any atom is 0.299 e. The van der Waals surface area contributed by atoms with Gasteiger partial charge in [-0.05, 0) is 44.0 Å². The van der Waals surface area contributed by atoms with E-state index in [0.29, 0.717) is 6.01 Å². The molecule has 1 N–H and O–H groups in total. The first-order chi connectivity index (χ1) is 13.7. The van der Waals surface area contributed by atoms with Crippen LogP contribution in [0.1, 0.15) is 18.5 Å². The number of para-hydroxylation sites is 3. The molecule has 1 unspecified atom stereocenters. The van der Waals surface area contributed by atoms with Crippen LogP contribution in [0.5, 0.6) is 0 Å². The van der Waals surface area contributed by atoms with Crippen LogP contribution < -0.4 is 10.2 Å². The van der Waals surface area contributed by atoms with Gasteiger partial charge in [-0.25, -0.2) is 0 Å². The molecule has 1 fully saturated rings. The van der Waals surface area contributed by atoms with E-state index in [0.717, 1.165) is 52.8 Å². The Morgan fingerprint density at radius 3 is 2.75 bits per heavy atom. The molecule has 28 heavy (non-hydrogen) atoms. The number of hydrogen-bond donors (Lipinski definition) is 1. The summed E-state index contributed by atoms with van der Waals surface area (Å²) in [5.41, 5.74) is 4.08. The highest BCUT2D eigenvalue weighted by Crippen LogP contribution is 2.30. The van der Waals surface area contributed by atoms with Crippen molar-refractivity contribution in [1.82, 2.24) is 9.97 Å². The fourth-order valence-corrected chi connectivity index (χ4v) is 3.88. The second kappa shape index (κ2) is 6.64. The second-order valence-corrected chi connectivity index (χ2v) is 7.13. The van der Waals surface area contributed by atoms with Crippen LogP contribution >= 0.6 is 0 Å². The van der Waals surface area contributed by atoms with Gasteiger partial charge in [0.1, 0.15) is 11.6 Å². The number of oxazole rings is 1. The van der Waals surface area contributed by atoms with Gasteiger partial charge in [-0.2, -0.15) is 4.98 Å². The molecular formula is C22H20N4O2. The maximum atomic E-state index is 13.1. The highest BCUT2D eigenvalue weighted by molar-refractivity contribution is 6.04. The predicted octanol–water partition coefficient (Wildman–Crippen LogP) is 4.29. The number of aryl methyl sites for hydroxylation is 1. The molecule has 5 rings (SSSR count). The Hall–Kier alpha value is -3.41. The van der Waals surface area contributed by atoms with Crippen molar-refractivity contribution in [2.75, 3.05) is 16.8 Å². The number of aromatic nitrogens is 2. The van der Waals surface area contributed by atoms with Crippen molar-refractivity contribution in [2.24, 2.45) is 0 Å². The van der Waals surface area contributed by atoms with E-state index in [9.17, 15) is 4.79 Å². The highest BCUT2D eigenvalue weighted by Gasteiger charge is 2.34. The van der Waals surface area contributed by atoms with Gasteiger partial charge in [0.2, 0.25) is 5.91 Å². The van der Waals surface area contributed by atoms with Crippen molar-refractivity contribution >= 4 is 39.6 Å². The lowest BCUT2D eigenvalue weighted by Gasteiger charge is -2.22. The first kappa shape index (κ1) is 16.7. The summed E-state index contributed by atoms with van der Waals surface area (Å²) >= 11 is 0. The molecule has 4 aromatic rings. The summed E-state index contributed by atoms with van der Waals surface area (Å²) in [7, 11) is 0. The lowest BCUT2D eigenvalue weighted by atomic mass is 10.1. The molecule has 0 bridgehead atoms. The van der Waals surface area contributed by atoms with Gasteiger partial charge >= 0.3 is 0 Å². The van der Waals surface area contributed by atoms with Crippen molar-refractivity contribution < 1.29 is 9.21 Å². The molecule has 6 nitrogen and oxygen atoms in total. The van der Waals surface area contributed by atoms with Gasteiger partial charge in [0, 0.05) is 17.6 Å². The van der Waals surface area contributed by atoms with Crippen LogP contribution in [0.2, 0.25) is 0 Å². The van der Waals surface area contributed by atoms with Crippen LogP contribution in [-0.4, -0.2) is 28.5 Å². The summed E-state index contributed by atoms with van der Waals surface area (Å²) < 4.78 is 5.90. The van der Waals surface area contributed by atoms with Gasteiger partial charge in [0.15, 0.2) is 5.58 Å². The summed E-state index contributed by atoms with van der Waals surface area (Å²) in [5.74, 6) is -0.0458. The van der Waals surface area contributed by atoms with Crippen LogP contribution in [0.15, 0.2) is 59.0 Å². The van der Waals surface area contributed by atoms with E-state index in [1.165, 1.54) is 0 Å². The second-order valence-electron chi connectivity index (χ2n) is 7.13. The van der Waals surface area contributed by atoms with Crippen molar-refractivity contribution in [1.29, 1.82) is 0 Å². The minimum Gasteiger partial charge on any atom is -0.423 e. The number of amides is 1. The fourth-order valence-electron chi connectivity index (χ4n) is 3.88. The Morgan fingerprint density at radius 2 is 1.89 bits per heavy atom. The smallest absolute Gasteiger partial charge is 0.299 e. The van der Waals surface area contributed by atoms with Gasteiger partial charge < -0.3 is 14.6 Å². The van der Waals surface area contributed by atoms with Crippen LogP contribution in [0.25, 0.3) is 22.0 Å². The molecule has 0 spiro atoms. The third kappa shape index (κ3) is 2.87. The number of carbonyl (C=O) groups excluding carboxylic acids is 1. The third-order valence-electron chi connectivity index (χ3n) is 5.19. The monoisotopic (exact) mass is 372 g/mol. The molecule has 0 aliphatic carbocycles. The van der Waals surface area contributed by atoms with E-state index in [1.807, 2.05) is 66.4 Å². The van der Waals surface area contributed by atoms with Crippen LogP contribution in [-0.2, 0) is 4.79 Å². The first-order valence-electron chi connectivity index (χ1n) is 9.48. The summed E-state index contributed by atoms with van der Waals surface area (Å²) in [5, 5.41) is 4.05. The van der Waals surface area contributed by atoms with Crippen molar-refractivity contribution in [3.8, 4) is 0 Å². The minimum atomic E-state index is -0.305. The van der Waals surface area contributed by atoms with Crippen molar-refractivity contribution in [2.45, 2.75) is 25.8 Å². The van der Waals surface area contributed by atoms with E-state index in [1.54, 1.807) is 0 Å². The number of fused-ring (bicyclic) bond motifs is 2. The zero-order valence-electron chi connectivity index (χ0n) is 15.6. The molecule has 2 aromatic carbocycles. The highest BCUT2D eigenvalue weighted by atomic mass is 16.4. The van der Waals surface area contributed by atoms with Gasteiger partial charge in [0.25, 0.3) is 6.01 Å². The summed E-state index contributed by atoms with van der Waals surface area (Å²) in [4.78, 5) is 24.2. The number of carbonyl (C=O) groups is 1. The van der Waals surface area contributed by atoms with E-state index < -0.39 is 0 Å². The van der Waals surface area contributed by atoms with E-state index in [2.05, 4.69) is 15.3 Å². The molecule has 0 radical (unpaired) electrons. The molecule has 1 aliphatic heterocycles. The van der Waals surface area contributed by atoms with E-state index in [4.69, 9.17) is 4.42 Å². The Kier molecular flexibility index (Phi) is 3.97. The molecule has 6 heteroatoms. The maximum absolute atomic E-state index is 13.1. The quantitative estimate of drug-likeness (QED) is 0.581. The molecule has 3 heterocycles. The van der Waals surface area contributed by atoms with Crippen LogP contribution in [0.4, 0.5) is 11.7 Å². The normalized spacial score (nSPS) is 16.8. The number of nitrogens with one attached hydrogen (secondary N) is 1. The topological polar surface area (TPSA) is 71.3 Å². The number of rotatable bonds is 3. The predicted molar refractivity (Wildman–Crippen MR) is 109 cm³/mol. The number of anilines is 2. The van der Waals surface area contributed by atoms with Gasteiger partial charge in [0.05, 0.1) is 11.2 Å². The van der Waals surface area contributed by atoms with Crippen molar-refractivity contribution in [3.63, 3.8) is 0 Å². The van der Waals surface area contributed by atoms with E-state index in [-0.39, 0.29) is 11.9 Å². The Bertz CT molecular complexity index is 1150. The SMILES string of the molecule is Cc1cc(NC(=O)C2CCCN2c2nc3ccccc3o2)c2ccccc2n1. The Labute approximate surface area is 162 Å². The lowest BCUT2D eigenvalue weighted by molar-refractivity contribution is -0.117. The number of benzene rings is 2. The molecule has 1 atom stereocenters. The zero-order chi connectivity index (χ0) is 19.1. The average molecular weight is 372 g/mol. The minimum absolute atomic E-state index is 0.0458. The molecule has 2 aromatic heterocycles. The molecule has 0 saturated carbocycles. The standard InChI is InChI=1S/C22H20N4O2/c1-14-13-18(15-7-2-3-8-16(15)23-14)24-21(27)19-10-6-12-26(19)22-25-17-9-4-5-11-20(17)28-22/h2-5,7-9,11,13,19H,6,10,12H2,1H3,(H,23,24,27). The average Bonchev–Trinajstić information content (AvgIpc) is 3.34. The summed E-state index contributed by atoms with van der Waals surface area (Å²) in [6.45, 7) is 2.68. The third-order valence-corrected chi connectivity index (χ3v) is 5.19.